The van der Waals surface area contributed by atoms with E-state index in [1.807, 2.05) is 18.2 Å². The number of nitro groups is 1. The van der Waals surface area contributed by atoms with Crippen LogP contribution in [0.25, 0.3) is 0 Å². The summed E-state index contributed by atoms with van der Waals surface area (Å²) in [5.74, 6) is -0.0768. The van der Waals surface area contributed by atoms with Crippen molar-refractivity contribution in [2.75, 3.05) is 26.2 Å². The molecule has 0 bridgehead atoms. The monoisotopic (exact) mass is 415 g/mol. The SMILES string of the molecule is O=C(c1ccc2c(c1)CCC2)N1CCN(S(=O)(=O)c2ccc([N+](=O)[O-])cc2)CC1. The summed E-state index contributed by atoms with van der Waals surface area (Å²) in [6, 6.07) is 10.7. The summed E-state index contributed by atoms with van der Waals surface area (Å²) < 4.78 is 26.9. The van der Waals surface area contributed by atoms with E-state index >= 15 is 0 Å². The van der Waals surface area contributed by atoms with E-state index in [4.69, 9.17) is 0 Å². The zero-order valence-corrected chi connectivity index (χ0v) is 16.6. The van der Waals surface area contributed by atoms with E-state index in [9.17, 15) is 23.3 Å². The van der Waals surface area contributed by atoms with Gasteiger partial charge in [-0.15, -0.1) is 0 Å². The molecule has 0 saturated carbocycles. The lowest BCUT2D eigenvalue weighted by atomic mass is 10.1. The number of fused-ring (bicyclic) bond motifs is 1. The minimum Gasteiger partial charge on any atom is -0.336 e. The topological polar surface area (TPSA) is 101 Å². The van der Waals surface area contributed by atoms with Crippen molar-refractivity contribution in [2.24, 2.45) is 0 Å². The van der Waals surface area contributed by atoms with Gasteiger partial charge in [-0.05, 0) is 54.7 Å². The van der Waals surface area contributed by atoms with Crippen molar-refractivity contribution in [3.63, 3.8) is 0 Å². The maximum absolute atomic E-state index is 12.8. The Morgan fingerprint density at radius 2 is 1.59 bits per heavy atom. The first-order chi connectivity index (χ1) is 13.9. The van der Waals surface area contributed by atoms with Crippen molar-refractivity contribution in [2.45, 2.75) is 24.2 Å². The summed E-state index contributed by atoms with van der Waals surface area (Å²) in [6.45, 7) is 0.996. The van der Waals surface area contributed by atoms with Crippen molar-refractivity contribution in [1.82, 2.24) is 9.21 Å². The van der Waals surface area contributed by atoms with Crippen molar-refractivity contribution < 1.29 is 18.1 Å². The van der Waals surface area contributed by atoms with Gasteiger partial charge in [-0.25, -0.2) is 8.42 Å². The molecule has 8 nitrogen and oxygen atoms in total. The number of hydrogen-bond acceptors (Lipinski definition) is 5. The summed E-state index contributed by atoms with van der Waals surface area (Å²) in [7, 11) is -3.75. The molecule has 1 aliphatic heterocycles. The van der Waals surface area contributed by atoms with Crippen LogP contribution in [0.1, 0.15) is 27.9 Å². The summed E-state index contributed by atoms with van der Waals surface area (Å²) in [5.41, 5.74) is 3.03. The van der Waals surface area contributed by atoms with Crippen LogP contribution in [0.2, 0.25) is 0 Å². The van der Waals surface area contributed by atoms with E-state index < -0.39 is 14.9 Å². The van der Waals surface area contributed by atoms with Gasteiger partial charge in [0.2, 0.25) is 10.0 Å². The van der Waals surface area contributed by atoms with Gasteiger partial charge in [0.1, 0.15) is 0 Å². The average Bonchev–Trinajstić information content (AvgIpc) is 3.21. The lowest BCUT2D eigenvalue weighted by Crippen LogP contribution is -2.50. The van der Waals surface area contributed by atoms with Crippen molar-refractivity contribution >= 4 is 21.6 Å². The smallest absolute Gasteiger partial charge is 0.269 e. The summed E-state index contributed by atoms with van der Waals surface area (Å²) >= 11 is 0. The van der Waals surface area contributed by atoms with Gasteiger partial charge in [0.05, 0.1) is 9.82 Å². The zero-order chi connectivity index (χ0) is 20.6. The number of piperazine rings is 1. The predicted octanol–water partition coefficient (Wildman–Crippen LogP) is 2.23. The molecule has 152 valence electrons. The summed E-state index contributed by atoms with van der Waals surface area (Å²) in [6.07, 6.45) is 3.17. The molecule has 9 heteroatoms. The van der Waals surface area contributed by atoms with E-state index in [0.29, 0.717) is 18.7 Å². The van der Waals surface area contributed by atoms with Crippen LogP contribution < -0.4 is 0 Å². The number of benzene rings is 2. The predicted molar refractivity (Wildman–Crippen MR) is 106 cm³/mol. The highest BCUT2D eigenvalue weighted by Crippen LogP contribution is 2.24. The second-order valence-electron chi connectivity index (χ2n) is 7.28. The zero-order valence-electron chi connectivity index (χ0n) is 15.8. The Balaban J connectivity index is 1.43. The fraction of sp³-hybridized carbons (Fsp3) is 0.350. The van der Waals surface area contributed by atoms with Crippen LogP contribution >= 0.6 is 0 Å². The minimum atomic E-state index is -3.75. The lowest BCUT2D eigenvalue weighted by Gasteiger charge is -2.34. The minimum absolute atomic E-state index is 0.0153. The molecule has 1 amide bonds. The van der Waals surface area contributed by atoms with Crippen molar-refractivity contribution in [3.05, 3.63) is 69.3 Å². The Hall–Kier alpha value is -2.78. The fourth-order valence-electron chi connectivity index (χ4n) is 3.91. The molecule has 2 aromatic carbocycles. The van der Waals surface area contributed by atoms with Crippen LogP contribution in [0.15, 0.2) is 47.4 Å². The van der Waals surface area contributed by atoms with Crippen LogP contribution in [0.4, 0.5) is 5.69 Å². The highest BCUT2D eigenvalue weighted by molar-refractivity contribution is 7.89. The third-order valence-electron chi connectivity index (χ3n) is 5.56. The first-order valence-electron chi connectivity index (χ1n) is 9.52. The van der Waals surface area contributed by atoms with E-state index in [1.165, 1.54) is 39.7 Å². The van der Waals surface area contributed by atoms with Gasteiger partial charge in [0, 0.05) is 43.9 Å². The molecule has 0 spiro atoms. The number of amides is 1. The van der Waals surface area contributed by atoms with Gasteiger partial charge < -0.3 is 4.90 Å². The third-order valence-corrected chi connectivity index (χ3v) is 7.47. The molecule has 1 heterocycles. The van der Waals surface area contributed by atoms with Crippen LogP contribution in [-0.4, -0.2) is 54.6 Å². The lowest BCUT2D eigenvalue weighted by molar-refractivity contribution is -0.384. The van der Waals surface area contributed by atoms with Gasteiger partial charge in [-0.1, -0.05) is 6.07 Å². The maximum Gasteiger partial charge on any atom is 0.269 e. The number of carbonyl (C=O) groups excluding carboxylic acids is 1. The number of nitro benzene ring substituents is 1. The first-order valence-corrected chi connectivity index (χ1v) is 11.0. The average molecular weight is 415 g/mol. The van der Waals surface area contributed by atoms with Crippen LogP contribution in [-0.2, 0) is 22.9 Å². The highest BCUT2D eigenvalue weighted by atomic mass is 32.2. The number of hydrogen-bond donors (Lipinski definition) is 0. The normalized spacial score (nSPS) is 17.2. The second kappa shape index (κ2) is 7.57. The molecule has 0 atom stereocenters. The Bertz CT molecular complexity index is 1060. The van der Waals surface area contributed by atoms with Crippen LogP contribution in [0, 0.1) is 10.1 Å². The molecule has 29 heavy (non-hydrogen) atoms. The third kappa shape index (κ3) is 3.75. The van der Waals surface area contributed by atoms with Gasteiger partial charge in [-0.3, -0.25) is 14.9 Å². The molecule has 1 aliphatic carbocycles. The number of nitrogens with zero attached hydrogens (tertiary/aromatic N) is 3. The molecular weight excluding hydrogens is 394 g/mol. The molecule has 2 aromatic rings. The molecule has 0 N–H and O–H groups in total. The second-order valence-corrected chi connectivity index (χ2v) is 9.22. The summed E-state index contributed by atoms with van der Waals surface area (Å²) in [4.78, 5) is 24.7. The van der Waals surface area contributed by atoms with Crippen molar-refractivity contribution in [1.29, 1.82) is 0 Å². The van der Waals surface area contributed by atoms with Crippen molar-refractivity contribution in [3.8, 4) is 0 Å². The Labute approximate surface area is 168 Å². The largest absolute Gasteiger partial charge is 0.336 e. The highest BCUT2D eigenvalue weighted by Gasteiger charge is 2.31. The standard InChI is InChI=1S/C20H21N3O5S/c24-20(17-5-4-15-2-1-3-16(15)14-17)21-10-12-22(13-11-21)29(27,28)19-8-6-18(7-9-19)23(25)26/h4-9,14H,1-3,10-13H2. The number of rotatable bonds is 4. The Morgan fingerprint density at radius 1 is 0.931 bits per heavy atom. The molecule has 1 fully saturated rings. The molecule has 0 radical (unpaired) electrons. The molecule has 2 aliphatic rings. The number of non-ortho nitro benzene ring substituents is 1. The molecule has 0 aromatic heterocycles. The summed E-state index contributed by atoms with van der Waals surface area (Å²) in [5, 5.41) is 10.8. The number of aryl methyl sites for hydroxylation is 2. The van der Waals surface area contributed by atoms with Crippen LogP contribution in [0.5, 0.6) is 0 Å². The molecule has 4 rings (SSSR count). The van der Waals surface area contributed by atoms with E-state index in [-0.39, 0.29) is 29.6 Å². The molecular formula is C20H21N3O5S. The van der Waals surface area contributed by atoms with Gasteiger partial charge in [0.15, 0.2) is 0 Å². The van der Waals surface area contributed by atoms with Gasteiger partial charge >= 0.3 is 0 Å². The van der Waals surface area contributed by atoms with E-state index in [1.54, 1.807) is 4.90 Å². The maximum atomic E-state index is 12.8. The van der Waals surface area contributed by atoms with E-state index in [2.05, 4.69) is 0 Å². The van der Waals surface area contributed by atoms with Crippen LogP contribution in [0.3, 0.4) is 0 Å². The molecule has 1 saturated heterocycles. The quantitative estimate of drug-likeness (QED) is 0.563. The van der Waals surface area contributed by atoms with Gasteiger partial charge in [0.25, 0.3) is 11.6 Å². The Morgan fingerprint density at radius 3 is 2.24 bits per heavy atom. The number of carbonyl (C=O) groups is 1. The fourth-order valence-corrected chi connectivity index (χ4v) is 5.33. The van der Waals surface area contributed by atoms with Gasteiger partial charge in [-0.2, -0.15) is 4.31 Å². The molecule has 0 unspecified atom stereocenters. The first kappa shape index (κ1) is 19.5. The van der Waals surface area contributed by atoms with E-state index in [0.717, 1.165) is 19.3 Å². The Kier molecular flexibility index (Phi) is 5.10. The number of sulfonamides is 1.